The van der Waals surface area contributed by atoms with Crippen molar-refractivity contribution in [3.05, 3.63) is 29.3 Å². The number of amides is 4. The fraction of sp³-hybridized carbons (Fsp3) is 0.389. The van der Waals surface area contributed by atoms with E-state index in [4.69, 9.17) is 11.2 Å². The molecule has 1 unspecified atom stereocenters. The van der Waals surface area contributed by atoms with Crippen molar-refractivity contribution in [2.75, 3.05) is 20.2 Å². The molecule has 25 heavy (non-hydrogen) atoms. The molecule has 7 nitrogen and oxygen atoms in total. The molecule has 130 valence electrons. The van der Waals surface area contributed by atoms with Gasteiger partial charge >= 0.3 is 6.03 Å². The molecule has 0 aromatic heterocycles. The van der Waals surface area contributed by atoms with Gasteiger partial charge in [0.2, 0.25) is 0 Å². The van der Waals surface area contributed by atoms with E-state index in [1.165, 1.54) is 0 Å². The number of nitrogens with one attached hydrogen (secondary N) is 2. The van der Waals surface area contributed by atoms with Crippen molar-refractivity contribution < 1.29 is 19.1 Å². The molecule has 7 heteroatoms. The van der Waals surface area contributed by atoms with Crippen LogP contribution in [0.2, 0.25) is 0 Å². The van der Waals surface area contributed by atoms with Gasteiger partial charge in [-0.1, -0.05) is 12.0 Å². The molecule has 1 aromatic rings. The zero-order chi connectivity index (χ0) is 18.0. The van der Waals surface area contributed by atoms with Gasteiger partial charge in [0.15, 0.2) is 5.54 Å². The number of carbonyl (C=O) groups excluding carboxylic acids is 3. The lowest BCUT2D eigenvalue weighted by Crippen LogP contribution is -2.46. The number of rotatable bonds is 5. The van der Waals surface area contributed by atoms with Gasteiger partial charge in [0.05, 0.1) is 7.11 Å². The first-order chi connectivity index (χ1) is 12.0. The van der Waals surface area contributed by atoms with Crippen LogP contribution in [0.4, 0.5) is 4.79 Å². The number of fused-ring (bicyclic) bond motifs is 1. The van der Waals surface area contributed by atoms with E-state index in [1.54, 1.807) is 18.1 Å². The van der Waals surface area contributed by atoms with Gasteiger partial charge in [0, 0.05) is 18.7 Å². The molecule has 1 fully saturated rings. The minimum Gasteiger partial charge on any atom is -0.497 e. The molecule has 4 amide bonds. The maximum atomic E-state index is 12.7. The summed E-state index contributed by atoms with van der Waals surface area (Å²) in [5.41, 5.74) is 0.325. The van der Waals surface area contributed by atoms with Crippen LogP contribution in [-0.2, 0) is 11.2 Å². The van der Waals surface area contributed by atoms with Crippen molar-refractivity contribution in [3.8, 4) is 18.1 Å². The molecule has 0 spiro atoms. The highest BCUT2D eigenvalue weighted by molar-refractivity contribution is 6.09. The van der Waals surface area contributed by atoms with Crippen molar-refractivity contribution in [3.63, 3.8) is 0 Å². The minimum atomic E-state index is -1.32. The zero-order valence-electron chi connectivity index (χ0n) is 13.9. The van der Waals surface area contributed by atoms with Crippen LogP contribution in [-0.4, -0.2) is 48.5 Å². The number of terminal acetylenes is 1. The third-order valence-corrected chi connectivity index (χ3v) is 4.65. The number of nitrogens with zero attached hydrogens (tertiary/aromatic N) is 1. The van der Waals surface area contributed by atoms with Crippen LogP contribution >= 0.6 is 0 Å². The van der Waals surface area contributed by atoms with Gasteiger partial charge in [0.25, 0.3) is 11.8 Å². The molecule has 2 aliphatic heterocycles. The molecular weight excluding hydrogens is 322 g/mol. The van der Waals surface area contributed by atoms with Crippen molar-refractivity contribution in [2.24, 2.45) is 0 Å². The molecule has 0 radical (unpaired) electrons. The number of methoxy groups -OCH3 is 1. The number of urea groups is 1. The normalized spacial score (nSPS) is 22.1. The standard InChI is InChI=1S/C18H19N3O4/c1-3-18(16(23)19-17(24)20-18)8-4-9-21-10-7-12-5-6-13(25-2)11-14(12)15(21)22/h1,5-6,11H,4,7-10H2,2H3,(H2,19,20,23,24). The van der Waals surface area contributed by atoms with Crippen LogP contribution in [0.25, 0.3) is 0 Å². The molecule has 3 rings (SSSR count). The van der Waals surface area contributed by atoms with Gasteiger partial charge < -0.3 is 15.0 Å². The van der Waals surface area contributed by atoms with E-state index < -0.39 is 17.5 Å². The van der Waals surface area contributed by atoms with Crippen molar-refractivity contribution in [2.45, 2.75) is 24.8 Å². The van der Waals surface area contributed by atoms with Crippen molar-refractivity contribution in [1.29, 1.82) is 0 Å². The van der Waals surface area contributed by atoms with Gasteiger partial charge in [0.1, 0.15) is 5.75 Å². The summed E-state index contributed by atoms with van der Waals surface area (Å²) in [5.74, 6) is 2.44. The first-order valence-electron chi connectivity index (χ1n) is 8.06. The Bertz CT molecular complexity index is 783. The first kappa shape index (κ1) is 16.8. The van der Waals surface area contributed by atoms with E-state index >= 15 is 0 Å². The van der Waals surface area contributed by atoms with Crippen LogP contribution < -0.4 is 15.4 Å². The lowest BCUT2D eigenvalue weighted by Gasteiger charge is -2.29. The van der Waals surface area contributed by atoms with Crippen LogP contribution in [0.1, 0.15) is 28.8 Å². The Kier molecular flexibility index (Phi) is 4.36. The van der Waals surface area contributed by atoms with Crippen LogP contribution in [0.5, 0.6) is 5.75 Å². The molecule has 0 aliphatic carbocycles. The summed E-state index contributed by atoms with van der Waals surface area (Å²) in [5, 5.41) is 4.65. The Morgan fingerprint density at radius 1 is 1.36 bits per heavy atom. The lowest BCUT2D eigenvalue weighted by molar-refractivity contribution is -0.122. The highest BCUT2D eigenvalue weighted by atomic mass is 16.5. The average molecular weight is 341 g/mol. The summed E-state index contributed by atoms with van der Waals surface area (Å²) in [7, 11) is 1.56. The van der Waals surface area contributed by atoms with Crippen molar-refractivity contribution >= 4 is 17.8 Å². The lowest BCUT2D eigenvalue weighted by atomic mass is 9.93. The fourth-order valence-corrected chi connectivity index (χ4v) is 3.22. The van der Waals surface area contributed by atoms with E-state index in [1.807, 2.05) is 12.1 Å². The largest absolute Gasteiger partial charge is 0.497 e. The monoisotopic (exact) mass is 341 g/mol. The second-order valence-electron chi connectivity index (χ2n) is 6.13. The molecule has 0 saturated carbocycles. The van der Waals surface area contributed by atoms with Gasteiger partial charge in [-0.05, 0) is 37.0 Å². The van der Waals surface area contributed by atoms with Gasteiger partial charge in [-0.2, -0.15) is 0 Å². The number of hydrogen-bond acceptors (Lipinski definition) is 4. The smallest absolute Gasteiger partial charge is 0.323 e. The quantitative estimate of drug-likeness (QED) is 0.609. The number of carbonyl (C=O) groups is 3. The zero-order valence-corrected chi connectivity index (χ0v) is 13.9. The predicted molar refractivity (Wildman–Crippen MR) is 90.1 cm³/mol. The van der Waals surface area contributed by atoms with Crippen LogP contribution in [0.15, 0.2) is 18.2 Å². The third kappa shape index (κ3) is 3.03. The Morgan fingerprint density at radius 2 is 2.16 bits per heavy atom. The Balaban J connectivity index is 1.65. The van der Waals surface area contributed by atoms with E-state index in [-0.39, 0.29) is 12.3 Å². The topological polar surface area (TPSA) is 87.7 Å². The molecule has 2 N–H and O–H groups in total. The average Bonchev–Trinajstić information content (AvgIpc) is 2.90. The number of hydrogen-bond donors (Lipinski definition) is 2. The van der Waals surface area contributed by atoms with Crippen LogP contribution in [0.3, 0.4) is 0 Å². The number of ether oxygens (including phenoxy) is 1. The molecule has 2 aliphatic rings. The third-order valence-electron chi connectivity index (χ3n) is 4.65. The van der Waals surface area contributed by atoms with Gasteiger partial charge in [-0.25, -0.2) is 4.79 Å². The number of benzene rings is 1. The van der Waals surface area contributed by atoms with E-state index in [0.29, 0.717) is 30.8 Å². The number of imide groups is 1. The maximum Gasteiger partial charge on any atom is 0.323 e. The molecule has 1 saturated heterocycles. The summed E-state index contributed by atoms with van der Waals surface area (Å²) < 4.78 is 5.18. The SMILES string of the molecule is C#CC1(CCCN2CCc3ccc(OC)cc3C2=O)NC(=O)NC1=O. The Labute approximate surface area is 145 Å². The van der Waals surface area contributed by atoms with E-state index in [0.717, 1.165) is 12.0 Å². The van der Waals surface area contributed by atoms with Crippen LogP contribution in [0, 0.1) is 12.3 Å². The summed E-state index contributed by atoms with van der Waals surface area (Å²) in [6, 6.07) is 4.92. The molecule has 0 bridgehead atoms. The summed E-state index contributed by atoms with van der Waals surface area (Å²) in [6.07, 6.45) is 6.99. The van der Waals surface area contributed by atoms with Crippen molar-refractivity contribution in [1.82, 2.24) is 15.5 Å². The summed E-state index contributed by atoms with van der Waals surface area (Å²) in [4.78, 5) is 37.6. The highest BCUT2D eigenvalue weighted by Crippen LogP contribution is 2.25. The predicted octanol–water partition coefficient (Wildman–Crippen LogP) is 0.685. The molecular formula is C18H19N3O4. The Morgan fingerprint density at radius 3 is 2.80 bits per heavy atom. The highest BCUT2D eigenvalue weighted by Gasteiger charge is 2.44. The summed E-state index contributed by atoms with van der Waals surface area (Å²) >= 11 is 0. The molecule has 1 atom stereocenters. The second-order valence-corrected chi connectivity index (χ2v) is 6.13. The molecule has 2 heterocycles. The summed E-state index contributed by atoms with van der Waals surface area (Å²) in [6.45, 7) is 1.07. The fourth-order valence-electron chi connectivity index (χ4n) is 3.22. The maximum absolute atomic E-state index is 12.7. The first-order valence-corrected chi connectivity index (χ1v) is 8.06. The van der Waals surface area contributed by atoms with E-state index in [2.05, 4.69) is 16.6 Å². The van der Waals surface area contributed by atoms with Gasteiger partial charge in [-0.3, -0.25) is 14.9 Å². The second kappa shape index (κ2) is 6.48. The minimum absolute atomic E-state index is 0.0604. The van der Waals surface area contributed by atoms with Gasteiger partial charge in [-0.15, -0.1) is 6.42 Å². The van der Waals surface area contributed by atoms with E-state index in [9.17, 15) is 14.4 Å². The molecule has 1 aromatic carbocycles. The Hall–Kier alpha value is -3.01.